The Labute approximate surface area is 157 Å². The highest BCUT2D eigenvalue weighted by Gasteiger charge is 2.22. The van der Waals surface area contributed by atoms with E-state index in [0.29, 0.717) is 6.42 Å². The van der Waals surface area contributed by atoms with E-state index in [4.69, 9.17) is 10.5 Å². The van der Waals surface area contributed by atoms with Gasteiger partial charge in [0.05, 0.1) is 5.92 Å². The van der Waals surface area contributed by atoms with Gasteiger partial charge in [-0.1, -0.05) is 48.5 Å². The molecule has 4 aromatic rings. The van der Waals surface area contributed by atoms with Crippen molar-refractivity contribution in [2.24, 2.45) is 5.73 Å². The van der Waals surface area contributed by atoms with Gasteiger partial charge >= 0.3 is 0 Å². The lowest BCUT2D eigenvalue weighted by Crippen LogP contribution is -2.23. The van der Waals surface area contributed by atoms with Gasteiger partial charge in [-0.15, -0.1) is 0 Å². The summed E-state index contributed by atoms with van der Waals surface area (Å²) in [7, 11) is 0. The average molecular weight is 356 g/mol. The van der Waals surface area contributed by atoms with E-state index in [1.54, 1.807) is 0 Å². The first-order valence-corrected chi connectivity index (χ1v) is 8.88. The van der Waals surface area contributed by atoms with Gasteiger partial charge in [-0.25, -0.2) is 0 Å². The number of fused-ring (bicyclic) bond motifs is 1. The molecule has 0 saturated carbocycles. The summed E-state index contributed by atoms with van der Waals surface area (Å²) in [5.41, 5.74) is 8.67. The third kappa shape index (κ3) is 3.70. The molecule has 0 fully saturated rings. The first-order valence-electron chi connectivity index (χ1n) is 8.88. The molecule has 4 nitrogen and oxygen atoms in total. The molecule has 3 aromatic carbocycles. The lowest BCUT2D eigenvalue weighted by atomic mass is 9.91. The molecule has 0 aliphatic rings. The monoisotopic (exact) mass is 356 g/mol. The van der Waals surface area contributed by atoms with Crippen molar-refractivity contribution in [2.45, 2.75) is 12.3 Å². The van der Waals surface area contributed by atoms with Crippen LogP contribution in [0.2, 0.25) is 0 Å². The van der Waals surface area contributed by atoms with Gasteiger partial charge in [-0.05, 0) is 47.9 Å². The third-order valence-corrected chi connectivity index (χ3v) is 4.66. The molecule has 0 aliphatic heterocycles. The fourth-order valence-corrected chi connectivity index (χ4v) is 3.34. The first-order chi connectivity index (χ1) is 13.2. The number of carbonyl (C=O) groups is 1. The van der Waals surface area contributed by atoms with Crippen LogP contribution in [-0.2, 0) is 11.2 Å². The molecule has 1 amide bonds. The Kier molecular flexibility index (Phi) is 4.62. The van der Waals surface area contributed by atoms with Crippen molar-refractivity contribution in [3.8, 4) is 11.5 Å². The average Bonchev–Trinajstić information content (AvgIpc) is 3.11. The standard InChI is InChI=1S/C23H20N2O2/c24-23(26)20(21-15-25-22-12-5-4-11-19(21)22)14-16-7-6-10-18(13-16)27-17-8-2-1-3-9-17/h1-13,15,20,25H,14H2,(H2,24,26). The Bertz CT molecular complexity index is 1070. The van der Waals surface area contributed by atoms with Crippen LogP contribution in [0, 0.1) is 0 Å². The summed E-state index contributed by atoms with van der Waals surface area (Å²) in [5.74, 6) is 0.765. The van der Waals surface area contributed by atoms with Gasteiger partial charge < -0.3 is 15.5 Å². The predicted octanol–water partition coefficient (Wildman–Crippen LogP) is 4.77. The second-order valence-corrected chi connectivity index (χ2v) is 6.51. The fraction of sp³-hybridized carbons (Fsp3) is 0.0870. The number of H-pyrrole nitrogens is 1. The molecule has 4 rings (SSSR count). The molecule has 134 valence electrons. The van der Waals surface area contributed by atoms with Crippen molar-refractivity contribution in [3.63, 3.8) is 0 Å². The van der Waals surface area contributed by atoms with E-state index in [0.717, 1.165) is 33.5 Å². The molecule has 0 bridgehead atoms. The minimum absolute atomic E-state index is 0.339. The van der Waals surface area contributed by atoms with Crippen LogP contribution in [0.3, 0.4) is 0 Å². The van der Waals surface area contributed by atoms with Crippen molar-refractivity contribution < 1.29 is 9.53 Å². The highest BCUT2D eigenvalue weighted by atomic mass is 16.5. The Morgan fingerprint density at radius 3 is 2.48 bits per heavy atom. The SMILES string of the molecule is NC(=O)C(Cc1cccc(Oc2ccccc2)c1)c1c[nH]c2ccccc12. The van der Waals surface area contributed by atoms with Gasteiger partial charge in [0, 0.05) is 17.1 Å². The number of aromatic nitrogens is 1. The van der Waals surface area contributed by atoms with Crippen LogP contribution in [0.1, 0.15) is 17.0 Å². The van der Waals surface area contributed by atoms with Crippen molar-refractivity contribution in [1.29, 1.82) is 0 Å². The number of rotatable bonds is 6. The van der Waals surface area contributed by atoms with Crippen molar-refractivity contribution in [2.75, 3.05) is 0 Å². The predicted molar refractivity (Wildman–Crippen MR) is 107 cm³/mol. The summed E-state index contributed by atoms with van der Waals surface area (Å²) in [5, 5.41) is 1.03. The van der Waals surface area contributed by atoms with Gasteiger partial charge in [0.2, 0.25) is 5.91 Å². The van der Waals surface area contributed by atoms with E-state index in [1.807, 2.05) is 85.1 Å². The Balaban J connectivity index is 1.61. The number of ether oxygens (including phenoxy) is 1. The zero-order chi connectivity index (χ0) is 18.6. The molecule has 0 radical (unpaired) electrons. The van der Waals surface area contributed by atoms with E-state index in [-0.39, 0.29) is 5.91 Å². The molecule has 27 heavy (non-hydrogen) atoms. The van der Waals surface area contributed by atoms with Crippen LogP contribution in [0.5, 0.6) is 11.5 Å². The van der Waals surface area contributed by atoms with Crippen LogP contribution in [0.15, 0.2) is 85.1 Å². The number of primary amides is 1. The Morgan fingerprint density at radius 1 is 0.926 bits per heavy atom. The number of nitrogens with two attached hydrogens (primary N) is 1. The number of benzene rings is 3. The maximum atomic E-state index is 12.2. The molecular formula is C23H20N2O2. The van der Waals surface area contributed by atoms with Gasteiger partial charge in [-0.2, -0.15) is 0 Å². The quantitative estimate of drug-likeness (QED) is 0.522. The van der Waals surface area contributed by atoms with Crippen LogP contribution >= 0.6 is 0 Å². The number of carbonyl (C=O) groups excluding carboxylic acids is 1. The Morgan fingerprint density at radius 2 is 1.67 bits per heavy atom. The van der Waals surface area contributed by atoms with Crippen LogP contribution in [0.4, 0.5) is 0 Å². The molecule has 1 atom stereocenters. The van der Waals surface area contributed by atoms with E-state index >= 15 is 0 Å². The molecule has 0 saturated heterocycles. The third-order valence-electron chi connectivity index (χ3n) is 4.66. The smallest absolute Gasteiger partial charge is 0.225 e. The molecule has 3 N–H and O–H groups in total. The first kappa shape index (κ1) is 16.9. The normalized spacial score (nSPS) is 12.0. The summed E-state index contributed by atoms with van der Waals surface area (Å²) in [4.78, 5) is 15.4. The lowest BCUT2D eigenvalue weighted by molar-refractivity contribution is -0.119. The highest BCUT2D eigenvalue weighted by Crippen LogP contribution is 2.30. The lowest BCUT2D eigenvalue weighted by Gasteiger charge is -2.14. The van der Waals surface area contributed by atoms with Crippen molar-refractivity contribution >= 4 is 16.8 Å². The minimum Gasteiger partial charge on any atom is -0.457 e. The van der Waals surface area contributed by atoms with E-state index in [9.17, 15) is 4.79 Å². The molecule has 0 spiro atoms. The summed E-state index contributed by atoms with van der Waals surface area (Å²) >= 11 is 0. The number of amides is 1. The van der Waals surface area contributed by atoms with Crippen molar-refractivity contribution in [1.82, 2.24) is 4.98 Å². The fourth-order valence-electron chi connectivity index (χ4n) is 3.34. The number of hydrogen-bond donors (Lipinski definition) is 2. The van der Waals surface area contributed by atoms with Gasteiger partial charge in [0.15, 0.2) is 0 Å². The number of para-hydroxylation sites is 2. The number of hydrogen-bond acceptors (Lipinski definition) is 2. The summed E-state index contributed by atoms with van der Waals surface area (Å²) in [6.07, 6.45) is 2.40. The Hall–Kier alpha value is -3.53. The van der Waals surface area contributed by atoms with Crippen LogP contribution < -0.4 is 10.5 Å². The number of nitrogens with one attached hydrogen (secondary N) is 1. The summed E-state index contributed by atoms with van der Waals surface area (Å²) in [6, 6.07) is 25.3. The number of aromatic amines is 1. The summed E-state index contributed by atoms with van der Waals surface area (Å²) in [6.45, 7) is 0. The minimum atomic E-state index is -0.409. The zero-order valence-corrected chi connectivity index (χ0v) is 14.8. The largest absolute Gasteiger partial charge is 0.457 e. The van der Waals surface area contributed by atoms with E-state index in [2.05, 4.69) is 4.98 Å². The molecule has 1 heterocycles. The second-order valence-electron chi connectivity index (χ2n) is 6.51. The topological polar surface area (TPSA) is 68.1 Å². The van der Waals surface area contributed by atoms with Gasteiger partial charge in [-0.3, -0.25) is 4.79 Å². The van der Waals surface area contributed by atoms with Gasteiger partial charge in [0.25, 0.3) is 0 Å². The van der Waals surface area contributed by atoms with Gasteiger partial charge in [0.1, 0.15) is 11.5 Å². The molecule has 1 aromatic heterocycles. The van der Waals surface area contributed by atoms with E-state index in [1.165, 1.54) is 0 Å². The molecule has 4 heteroatoms. The summed E-state index contributed by atoms with van der Waals surface area (Å²) < 4.78 is 5.90. The zero-order valence-electron chi connectivity index (χ0n) is 14.8. The highest BCUT2D eigenvalue weighted by molar-refractivity contribution is 5.91. The molecule has 1 unspecified atom stereocenters. The maximum absolute atomic E-state index is 12.2. The van der Waals surface area contributed by atoms with E-state index < -0.39 is 5.92 Å². The maximum Gasteiger partial charge on any atom is 0.225 e. The second kappa shape index (κ2) is 7.38. The van der Waals surface area contributed by atoms with Crippen LogP contribution in [-0.4, -0.2) is 10.9 Å². The molecular weight excluding hydrogens is 336 g/mol. The van der Waals surface area contributed by atoms with Crippen LogP contribution in [0.25, 0.3) is 10.9 Å². The van der Waals surface area contributed by atoms with Crippen molar-refractivity contribution in [3.05, 3.63) is 96.2 Å². The molecule has 0 aliphatic carbocycles.